The Hall–Kier alpha value is -0.373. The number of hydrogen-bond donors (Lipinski definition) is 0. The van der Waals surface area contributed by atoms with E-state index in [1.54, 1.807) is 0 Å². The fourth-order valence-electron chi connectivity index (χ4n) is 1.94. The third kappa shape index (κ3) is 3.47. The molecule has 1 aliphatic carbocycles. The van der Waals surface area contributed by atoms with Crippen molar-refractivity contribution in [3.8, 4) is 0 Å². The van der Waals surface area contributed by atoms with Gasteiger partial charge in [0.15, 0.2) is 0 Å². The molecular formula is C11H20OSi. The Balaban J connectivity index is 2.72. The lowest BCUT2D eigenvalue weighted by Gasteiger charge is -2.16. The van der Waals surface area contributed by atoms with Gasteiger partial charge in [-0.3, -0.25) is 4.79 Å². The number of carbonyl (C=O) groups excluding carboxylic acids is 1. The molecule has 74 valence electrons. The van der Waals surface area contributed by atoms with Gasteiger partial charge in [0.25, 0.3) is 0 Å². The predicted molar refractivity (Wildman–Crippen MR) is 59.7 cm³/mol. The topological polar surface area (TPSA) is 17.1 Å². The summed E-state index contributed by atoms with van der Waals surface area (Å²) in [7, 11) is -1.10. The zero-order valence-corrected chi connectivity index (χ0v) is 10.0. The van der Waals surface area contributed by atoms with Crippen molar-refractivity contribution in [2.45, 2.75) is 51.4 Å². The van der Waals surface area contributed by atoms with Crippen LogP contribution in [-0.2, 0) is 4.79 Å². The van der Waals surface area contributed by atoms with Crippen molar-refractivity contribution in [3.05, 3.63) is 11.1 Å². The van der Waals surface area contributed by atoms with Crippen LogP contribution in [0.4, 0.5) is 0 Å². The Morgan fingerprint density at radius 2 is 1.85 bits per heavy atom. The van der Waals surface area contributed by atoms with Gasteiger partial charge in [0.05, 0.1) is 0 Å². The summed E-state index contributed by atoms with van der Waals surface area (Å²) < 4.78 is 0. The van der Waals surface area contributed by atoms with Crippen LogP contribution in [0.25, 0.3) is 0 Å². The number of hydrogen-bond acceptors (Lipinski definition) is 1. The van der Waals surface area contributed by atoms with Crippen molar-refractivity contribution < 1.29 is 4.79 Å². The molecule has 0 aromatic rings. The van der Waals surface area contributed by atoms with Crippen molar-refractivity contribution in [3.63, 3.8) is 0 Å². The minimum atomic E-state index is -1.10. The van der Waals surface area contributed by atoms with Gasteiger partial charge < -0.3 is 0 Å². The molecule has 0 radical (unpaired) electrons. The molecule has 0 aromatic carbocycles. The molecule has 0 atom stereocenters. The van der Waals surface area contributed by atoms with E-state index in [1.807, 2.05) is 0 Å². The first-order valence-electron chi connectivity index (χ1n) is 5.19. The van der Waals surface area contributed by atoms with E-state index < -0.39 is 8.07 Å². The Labute approximate surface area is 82.2 Å². The van der Waals surface area contributed by atoms with Crippen molar-refractivity contribution in [1.82, 2.24) is 0 Å². The van der Waals surface area contributed by atoms with Crippen LogP contribution in [0.1, 0.15) is 25.7 Å². The van der Waals surface area contributed by atoms with Gasteiger partial charge in [-0.25, -0.2) is 0 Å². The molecule has 0 N–H and O–H groups in total. The molecule has 0 unspecified atom stereocenters. The zero-order chi connectivity index (χ0) is 9.90. The second kappa shape index (κ2) is 4.23. The van der Waals surface area contributed by atoms with Crippen LogP contribution in [0, 0.1) is 0 Å². The third-order valence-electron chi connectivity index (χ3n) is 2.52. The van der Waals surface area contributed by atoms with Crippen LogP contribution in [0.5, 0.6) is 0 Å². The summed E-state index contributed by atoms with van der Waals surface area (Å²) in [5.74, 6) is 0. The Morgan fingerprint density at radius 3 is 2.23 bits per heavy atom. The van der Waals surface area contributed by atoms with E-state index in [-0.39, 0.29) is 0 Å². The first-order valence-corrected chi connectivity index (χ1v) is 8.90. The van der Waals surface area contributed by atoms with E-state index in [2.05, 4.69) is 19.6 Å². The maximum Gasteiger partial charge on any atom is 0.145 e. The predicted octanol–water partition coefficient (Wildman–Crippen LogP) is 3.39. The van der Waals surface area contributed by atoms with Crippen LogP contribution >= 0.6 is 0 Å². The lowest BCUT2D eigenvalue weighted by atomic mass is 10.1. The van der Waals surface area contributed by atoms with Crippen LogP contribution in [0.3, 0.4) is 0 Å². The number of rotatable bonds is 3. The molecule has 0 spiro atoms. The quantitative estimate of drug-likeness (QED) is 0.384. The summed E-state index contributed by atoms with van der Waals surface area (Å²) in [6.07, 6.45) is 6.05. The molecule has 0 aliphatic heterocycles. The molecule has 0 amide bonds. The second-order valence-corrected chi connectivity index (χ2v) is 10.7. The fraction of sp³-hybridized carbons (Fsp3) is 0.727. The lowest BCUT2D eigenvalue weighted by molar-refractivity contribution is -0.104. The summed E-state index contributed by atoms with van der Waals surface area (Å²) in [6, 6.07) is 1.08. The second-order valence-electron chi connectivity index (χ2n) is 5.19. The summed E-state index contributed by atoms with van der Waals surface area (Å²) in [6.45, 7) is 6.98. The molecule has 13 heavy (non-hydrogen) atoms. The highest BCUT2D eigenvalue weighted by molar-refractivity contribution is 6.77. The molecule has 2 heteroatoms. The van der Waals surface area contributed by atoms with Gasteiger partial charge in [-0.05, 0) is 37.3 Å². The molecule has 0 heterocycles. The van der Waals surface area contributed by atoms with Gasteiger partial charge in [-0.15, -0.1) is 0 Å². The van der Waals surface area contributed by atoms with Gasteiger partial charge in [0, 0.05) is 8.07 Å². The Morgan fingerprint density at radius 1 is 1.31 bits per heavy atom. The summed E-state index contributed by atoms with van der Waals surface area (Å²) >= 11 is 0. The maximum atomic E-state index is 10.9. The van der Waals surface area contributed by atoms with Gasteiger partial charge in [0.1, 0.15) is 6.29 Å². The zero-order valence-electron chi connectivity index (χ0n) is 9.02. The largest absolute Gasteiger partial charge is 0.298 e. The lowest BCUT2D eigenvalue weighted by Crippen LogP contribution is -2.20. The fourth-order valence-corrected chi connectivity index (χ4v) is 3.42. The van der Waals surface area contributed by atoms with E-state index >= 15 is 0 Å². The highest BCUT2D eigenvalue weighted by atomic mass is 28.3. The van der Waals surface area contributed by atoms with Crippen molar-refractivity contribution in [1.29, 1.82) is 0 Å². The van der Waals surface area contributed by atoms with Crippen LogP contribution in [-0.4, -0.2) is 14.4 Å². The van der Waals surface area contributed by atoms with E-state index in [0.29, 0.717) is 0 Å². The van der Waals surface area contributed by atoms with Crippen LogP contribution in [0.15, 0.2) is 11.1 Å². The maximum absolute atomic E-state index is 10.9. The standard InChI is InChI=1S/C11H20OSi/c1-13(2,3)9-11(8-12)10-6-4-5-7-10/h8H,4-7,9H2,1-3H3. The average molecular weight is 196 g/mol. The molecule has 1 nitrogen and oxygen atoms in total. The Bertz CT molecular complexity index is 215. The SMILES string of the molecule is C[Si](C)(C)CC(C=O)=C1CCCC1. The molecule has 1 rings (SSSR count). The van der Waals surface area contributed by atoms with Gasteiger partial charge >= 0.3 is 0 Å². The first kappa shape index (κ1) is 10.7. The first-order chi connectivity index (χ1) is 6.03. The number of allylic oxidation sites excluding steroid dienone is 2. The van der Waals surface area contributed by atoms with E-state index in [1.165, 1.54) is 31.3 Å². The summed E-state index contributed by atoms with van der Waals surface area (Å²) in [5.41, 5.74) is 2.59. The van der Waals surface area contributed by atoms with Crippen molar-refractivity contribution in [2.24, 2.45) is 0 Å². The monoisotopic (exact) mass is 196 g/mol. The van der Waals surface area contributed by atoms with Crippen molar-refractivity contribution >= 4 is 14.4 Å². The number of aldehydes is 1. The highest BCUT2D eigenvalue weighted by Gasteiger charge is 2.19. The third-order valence-corrected chi connectivity index (χ3v) is 3.97. The van der Waals surface area contributed by atoms with Gasteiger partial charge in [-0.2, -0.15) is 0 Å². The molecule has 1 fully saturated rings. The van der Waals surface area contributed by atoms with Crippen LogP contribution in [0.2, 0.25) is 25.7 Å². The average Bonchev–Trinajstić information content (AvgIpc) is 2.50. The molecule has 1 saturated carbocycles. The van der Waals surface area contributed by atoms with Crippen molar-refractivity contribution in [2.75, 3.05) is 0 Å². The van der Waals surface area contributed by atoms with Gasteiger partial charge in [0.2, 0.25) is 0 Å². The normalized spacial score (nSPS) is 17.6. The minimum absolute atomic E-state index is 1.08. The van der Waals surface area contributed by atoms with E-state index in [4.69, 9.17) is 0 Å². The molecule has 0 aromatic heterocycles. The molecule has 0 bridgehead atoms. The molecule has 1 aliphatic rings. The summed E-state index contributed by atoms with van der Waals surface area (Å²) in [4.78, 5) is 10.9. The Kier molecular flexibility index (Phi) is 3.48. The minimum Gasteiger partial charge on any atom is -0.298 e. The van der Waals surface area contributed by atoms with E-state index in [9.17, 15) is 4.79 Å². The number of carbonyl (C=O) groups is 1. The molecular weight excluding hydrogens is 176 g/mol. The smallest absolute Gasteiger partial charge is 0.145 e. The molecule has 0 saturated heterocycles. The summed E-state index contributed by atoms with van der Waals surface area (Å²) in [5, 5.41) is 0. The van der Waals surface area contributed by atoms with E-state index in [0.717, 1.165) is 17.9 Å². The van der Waals surface area contributed by atoms with Gasteiger partial charge in [-0.1, -0.05) is 25.2 Å². The highest BCUT2D eigenvalue weighted by Crippen LogP contribution is 2.29. The van der Waals surface area contributed by atoms with Crippen LogP contribution < -0.4 is 0 Å².